The van der Waals surface area contributed by atoms with Gasteiger partial charge in [0.15, 0.2) is 0 Å². The molecule has 0 aliphatic heterocycles. The van der Waals surface area contributed by atoms with Crippen molar-refractivity contribution in [1.29, 1.82) is 0 Å². The lowest BCUT2D eigenvalue weighted by molar-refractivity contribution is 0.841. The van der Waals surface area contributed by atoms with Crippen molar-refractivity contribution < 1.29 is 0 Å². The Morgan fingerprint density at radius 2 is 2.15 bits per heavy atom. The Morgan fingerprint density at radius 1 is 1.31 bits per heavy atom. The molecule has 0 radical (unpaired) electrons. The second-order valence-electron chi connectivity index (χ2n) is 4.88. The van der Waals surface area contributed by atoms with E-state index in [2.05, 4.69) is 32.0 Å². The van der Waals surface area contributed by atoms with E-state index in [-0.39, 0.29) is 0 Å². The van der Waals surface area contributed by atoms with E-state index >= 15 is 0 Å². The number of hydrogen-bond donors (Lipinski definition) is 0. The molecule has 0 amide bonds. The van der Waals surface area contributed by atoms with Crippen LogP contribution in [0.25, 0.3) is 0 Å². The third-order valence-corrected chi connectivity index (χ3v) is 3.63. The van der Waals surface area contributed by atoms with Crippen molar-refractivity contribution in [3.05, 3.63) is 34.9 Å². The van der Waals surface area contributed by atoms with Gasteiger partial charge in [0, 0.05) is 0 Å². The number of hydrogen-bond acceptors (Lipinski definition) is 0. The van der Waals surface area contributed by atoms with Gasteiger partial charge in [-0.1, -0.05) is 32.0 Å². The van der Waals surface area contributed by atoms with Crippen molar-refractivity contribution in [3.63, 3.8) is 0 Å². The summed E-state index contributed by atoms with van der Waals surface area (Å²) in [5.74, 6) is 2.68. The molecule has 0 nitrogen and oxygen atoms in total. The van der Waals surface area contributed by atoms with E-state index in [1.807, 2.05) is 0 Å². The highest BCUT2D eigenvalue weighted by molar-refractivity contribution is 5.47. The Bertz CT molecular complexity index is 349. The molecule has 1 aromatic carbocycles. The number of fused-ring (bicyclic) bond motifs is 3. The number of benzene rings is 1. The molecular weight excluding hydrogens is 156 g/mol. The van der Waals surface area contributed by atoms with Crippen LogP contribution in [0.5, 0.6) is 0 Å². The summed E-state index contributed by atoms with van der Waals surface area (Å²) in [6.07, 6.45) is 2.83. The largest absolute Gasteiger partial charge is 0.0617 e. The van der Waals surface area contributed by atoms with Gasteiger partial charge >= 0.3 is 0 Å². The molecule has 68 valence electrons. The zero-order valence-electron chi connectivity index (χ0n) is 8.38. The Kier molecular flexibility index (Phi) is 1.39. The van der Waals surface area contributed by atoms with Crippen molar-refractivity contribution in [2.24, 2.45) is 5.92 Å². The molecule has 0 bridgehead atoms. The molecule has 2 aliphatic carbocycles. The maximum absolute atomic E-state index is 2.33. The van der Waals surface area contributed by atoms with Gasteiger partial charge in [-0.05, 0) is 47.3 Å². The molecule has 13 heavy (non-hydrogen) atoms. The Balaban J connectivity index is 2.16. The first-order valence-electron chi connectivity index (χ1n) is 5.39. The monoisotopic (exact) mass is 172 g/mol. The lowest BCUT2D eigenvalue weighted by Gasteiger charge is -2.13. The van der Waals surface area contributed by atoms with Crippen LogP contribution in [0.15, 0.2) is 18.2 Å². The molecule has 0 heterocycles. The highest BCUT2D eigenvalue weighted by atomic mass is 14.5. The van der Waals surface area contributed by atoms with E-state index in [0.29, 0.717) is 5.92 Å². The molecule has 0 aromatic heterocycles. The summed E-state index contributed by atoms with van der Waals surface area (Å²) in [6.45, 7) is 4.62. The molecule has 2 atom stereocenters. The summed E-state index contributed by atoms with van der Waals surface area (Å²) < 4.78 is 0. The highest BCUT2D eigenvalue weighted by Crippen LogP contribution is 2.57. The molecule has 1 aromatic rings. The lowest BCUT2D eigenvalue weighted by Crippen LogP contribution is -1.96. The third kappa shape index (κ3) is 0.979. The van der Waals surface area contributed by atoms with Crippen LogP contribution in [0.4, 0.5) is 0 Å². The van der Waals surface area contributed by atoms with Crippen LogP contribution in [0, 0.1) is 5.92 Å². The van der Waals surface area contributed by atoms with Gasteiger partial charge in [0.2, 0.25) is 0 Å². The van der Waals surface area contributed by atoms with E-state index in [4.69, 9.17) is 0 Å². The fourth-order valence-corrected chi connectivity index (χ4v) is 2.88. The van der Waals surface area contributed by atoms with Crippen LogP contribution in [0.3, 0.4) is 0 Å². The predicted octanol–water partition coefficient (Wildman–Crippen LogP) is 3.47. The van der Waals surface area contributed by atoms with Crippen molar-refractivity contribution in [3.8, 4) is 0 Å². The van der Waals surface area contributed by atoms with Gasteiger partial charge in [-0.3, -0.25) is 0 Å². The van der Waals surface area contributed by atoms with E-state index < -0.39 is 0 Å². The maximum Gasteiger partial charge on any atom is -0.0122 e. The third-order valence-electron chi connectivity index (χ3n) is 3.63. The normalized spacial score (nSPS) is 28.8. The van der Waals surface area contributed by atoms with E-state index in [9.17, 15) is 0 Å². The van der Waals surface area contributed by atoms with Crippen molar-refractivity contribution in [1.82, 2.24) is 0 Å². The SMILES string of the molecule is CC(C)c1cccc2c1C1CC1C2. The Hall–Kier alpha value is -0.780. The van der Waals surface area contributed by atoms with Gasteiger partial charge < -0.3 is 0 Å². The molecule has 1 saturated carbocycles. The number of rotatable bonds is 1. The molecule has 1 fully saturated rings. The first kappa shape index (κ1) is 7.61. The molecule has 0 N–H and O–H groups in total. The highest BCUT2D eigenvalue weighted by Gasteiger charge is 2.46. The molecule has 0 heteroatoms. The summed E-state index contributed by atoms with van der Waals surface area (Å²) in [4.78, 5) is 0. The maximum atomic E-state index is 2.33. The molecule has 2 unspecified atom stereocenters. The van der Waals surface area contributed by atoms with Crippen LogP contribution in [-0.4, -0.2) is 0 Å². The zero-order valence-corrected chi connectivity index (χ0v) is 8.38. The summed E-state index contributed by atoms with van der Waals surface area (Å²) in [5, 5.41) is 0. The molecule has 2 aliphatic rings. The second kappa shape index (κ2) is 2.37. The van der Waals surface area contributed by atoms with Crippen LogP contribution in [0.2, 0.25) is 0 Å². The lowest BCUT2D eigenvalue weighted by atomic mass is 9.92. The van der Waals surface area contributed by atoms with Crippen molar-refractivity contribution in [2.75, 3.05) is 0 Å². The molecule has 0 spiro atoms. The van der Waals surface area contributed by atoms with Gasteiger partial charge in [-0.15, -0.1) is 0 Å². The van der Waals surface area contributed by atoms with E-state index in [1.165, 1.54) is 12.8 Å². The molecule has 3 rings (SSSR count). The minimum atomic E-state index is 0.703. The van der Waals surface area contributed by atoms with Gasteiger partial charge in [0.05, 0.1) is 0 Å². The zero-order chi connectivity index (χ0) is 9.00. The first-order valence-corrected chi connectivity index (χ1v) is 5.39. The van der Waals surface area contributed by atoms with Gasteiger partial charge in [0.1, 0.15) is 0 Å². The average Bonchev–Trinajstić information content (AvgIpc) is 2.77. The smallest absolute Gasteiger partial charge is 0.0122 e. The molecule has 0 saturated heterocycles. The minimum Gasteiger partial charge on any atom is -0.0617 e. The van der Waals surface area contributed by atoms with Crippen LogP contribution in [0.1, 0.15) is 48.8 Å². The summed E-state index contributed by atoms with van der Waals surface area (Å²) in [5.41, 5.74) is 4.98. The Morgan fingerprint density at radius 3 is 2.92 bits per heavy atom. The average molecular weight is 172 g/mol. The van der Waals surface area contributed by atoms with Gasteiger partial charge in [0.25, 0.3) is 0 Å². The fraction of sp³-hybridized carbons (Fsp3) is 0.538. The van der Waals surface area contributed by atoms with Crippen LogP contribution >= 0.6 is 0 Å². The van der Waals surface area contributed by atoms with Gasteiger partial charge in [-0.2, -0.15) is 0 Å². The van der Waals surface area contributed by atoms with E-state index in [0.717, 1.165) is 11.8 Å². The second-order valence-corrected chi connectivity index (χ2v) is 4.88. The standard InChI is InChI=1S/C13H16/c1-8(2)11-5-3-4-9-6-10-7-12(10)13(9)11/h3-5,8,10,12H,6-7H2,1-2H3. The summed E-state index contributed by atoms with van der Waals surface area (Å²) >= 11 is 0. The van der Waals surface area contributed by atoms with Gasteiger partial charge in [-0.25, -0.2) is 0 Å². The van der Waals surface area contributed by atoms with Crippen LogP contribution < -0.4 is 0 Å². The summed E-state index contributed by atoms with van der Waals surface area (Å²) in [7, 11) is 0. The predicted molar refractivity (Wildman–Crippen MR) is 55.1 cm³/mol. The first-order chi connectivity index (χ1) is 6.27. The van der Waals surface area contributed by atoms with Crippen molar-refractivity contribution >= 4 is 0 Å². The topological polar surface area (TPSA) is 0 Å². The Labute approximate surface area is 80.0 Å². The van der Waals surface area contributed by atoms with Crippen molar-refractivity contribution in [2.45, 2.75) is 38.5 Å². The molecular formula is C13H16. The summed E-state index contributed by atoms with van der Waals surface area (Å²) in [6, 6.07) is 6.89. The quantitative estimate of drug-likeness (QED) is 0.608. The fourth-order valence-electron chi connectivity index (χ4n) is 2.88. The van der Waals surface area contributed by atoms with Crippen LogP contribution in [-0.2, 0) is 6.42 Å². The minimum absolute atomic E-state index is 0.703. The van der Waals surface area contributed by atoms with E-state index in [1.54, 1.807) is 16.7 Å².